The van der Waals surface area contributed by atoms with Gasteiger partial charge in [-0.2, -0.15) is 0 Å². The molecule has 0 aliphatic rings. The highest BCUT2D eigenvalue weighted by atomic mass is 32.2. The average Bonchev–Trinajstić information content (AvgIpc) is 2.55. The summed E-state index contributed by atoms with van der Waals surface area (Å²) in [5, 5.41) is 10.4. The highest BCUT2D eigenvalue weighted by molar-refractivity contribution is 7.98. The van der Waals surface area contributed by atoms with Crippen LogP contribution < -0.4 is 4.74 Å². The van der Waals surface area contributed by atoms with E-state index in [-0.39, 0.29) is 12.2 Å². The number of rotatable bonds is 5. The van der Waals surface area contributed by atoms with Crippen molar-refractivity contribution in [2.45, 2.75) is 11.3 Å². The number of hydrogen-bond donors (Lipinski definition) is 1. The van der Waals surface area contributed by atoms with Crippen molar-refractivity contribution in [3.63, 3.8) is 0 Å². The van der Waals surface area contributed by atoms with Gasteiger partial charge in [-0.25, -0.2) is 4.39 Å². The molecule has 0 aliphatic carbocycles. The monoisotopic (exact) mass is 342 g/mol. The number of halogens is 1. The zero-order valence-electron chi connectivity index (χ0n) is 13.0. The van der Waals surface area contributed by atoms with E-state index in [0.29, 0.717) is 22.4 Å². The summed E-state index contributed by atoms with van der Waals surface area (Å²) in [7, 11) is 0. The summed E-state index contributed by atoms with van der Waals surface area (Å²) in [6.07, 6.45) is 1.87. The summed E-state index contributed by atoms with van der Waals surface area (Å²) in [5.41, 5.74) is 0.609. The zero-order valence-corrected chi connectivity index (χ0v) is 13.8. The minimum absolute atomic E-state index is 0.116. The van der Waals surface area contributed by atoms with Crippen LogP contribution in [0.2, 0.25) is 0 Å². The molecular weight excluding hydrogens is 327 g/mol. The first-order chi connectivity index (χ1) is 11.5. The summed E-state index contributed by atoms with van der Waals surface area (Å²) in [6, 6.07) is 15.3. The molecule has 3 aromatic carbocycles. The van der Waals surface area contributed by atoms with Crippen LogP contribution in [0.25, 0.3) is 10.8 Å². The lowest BCUT2D eigenvalue weighted by molar-refractivity contribution is -0.136. The lowest BCUT2D eigenvalue weighted by Gasteiger charge is -2.12. The summed E-state index contributed by atoms with van der Waals surface area (Å²) >= 11 is 1.63. The number of ether oxygens (including phenoxy) is 1. The third kappa shape index (κ3) is 3.68. The van der Waals surface area contributed by atoms with Gasteiger partial charge in [0.25, 0.3) is 0 Å². The maximum Gasteiger partial charge on any atom is 0.307 e. The van der Waals surface area contributed by atoms with E-state index in [1.54, 1.807) is 30.0 Å². The molecule has 24 heavy (non-hydrogen) atoms. The van der Waals surface area contributed by atoms with Crippen LogP contribution in [0.3, 0.4) is 0 Å². The SMILES string of the molecule is CSc1ccc(Oc2cc(CC(=O)O)cc3ccc(F)cc23)cc1. The fraction of sp³-hybridized carbons (Fsp3) is 0.105. The maximum atomic E-state index is 13.6. The molecular formula is C19H15FO3S. The van der Waals surface area contributed by atoms with E-state index in [1.165, 1.54) is 12.1 Å². The van der Waals surface area contributed by atoms with Crippen LogP contribution >= 0.6 is 11.8 Å². The molecule has 0 aromatic heterocycles. The van der Waals surface area contributed by atoms with Crippen LogP contribution in [-0.4, -0.2) is 17.3 Å². The van der Waals surface area contributed by atoms with E-state index in [2.05, 4.69) is 0 Å². The Morgan fingerprint density at radius 2 is 1.88 bits per heavy atom. The first-order valence-electron chi connectivity index (χ1n) is 7.31. The van der Waals surface area contributed by atoms with E-state index in [4.69, 9.17) is 9.84 Å². The summed E-state index contributed by atoms with van der Waals surface area (Å²) < 4.78 is 19.5. The number of carboxylic acid groups (broad SMARTS) is 1. The number of fused-ring (bicyclic) bond motifs is 1. The summed E-state index contributed by atoms with van der Waals surface area (Å²) in [5.74, 6) is -0.228. The van der Waals surface area contributed by atoms with Crippen molar-refractivity contribution in [3.05, 3.63) is 66.0 Å². The largest absolute Gasteiger partial charge is 0.481 e. The fourth-order valence-corrected chi connectivity index (χ4v) is 2.90. The molecule has 3 rings (SSSR count). The number of thioether (sulfide) groups is 1. The van der Waals surface area contributed by atoms with Crippen molar-refractivity contribution in [3.8, 4) is 11.5 Å². The van der Waals surface area contributed by atoms with Crippen LogP contribution in [0.15, 0.2) is 59.5 Å². The minimum atomic E-state index is -0.924. The molecule has 1 N–H and O–H groups in total. The number of carbonyl (C=O) groups is 1. The Labute approximate surface area is 143 Å². The van der Waals surface area contributed by atoms with Gasteiger partial charge in [-0.3, -0.25) is 4.79 Å². The van der Waals surface area contributed by atoms with Crippen molar-refractivity contribution in [2.75, 3.05) is 6.26 Å². The summed E-state index contributed by atoms with van der Waals surface area (Å²) in [6.45, 7) is 0. The Morgan fingerprint density at radius 3 is 2.54 bits per heavy atom. The Bertz CT molecular complexity index is 891. The van der Waals surface area contributed by atoms with Crippen LogP contribution in [0.4, 0.5) is 4.39 Å². The molecule has 0 aliphatic heterocycles. The summed E-state index contributed by atoms with van der Waals surface area (Å²) in [4.78, 5) is 12.1. The molecule has 0 radical (unpaired) electrons. The quantitative estimate of drug-likeness (QED) is 0.654. The van der Waals surface area contributed by atoms with Crippen molar-refractivity contribution < 1.29 is 19.0 Å². The van der Waals surface area contributed by atoms with Gasteiger partial charge in [0.05, 0.1) is 6.42 Å². The number of hydrogen-bond acceptors (Lipinski definition) is 3. The second kappa shape index (κ2) is 6.93. The highest BCUT2D eigenvalue weighted by Crippen LogP contribution is 2.33. The van der Waals surface area contributed by atoms with E-state index < -0.39 is 5.97 Å². The van der Waals surface area contributed by atoms with E-state index in [0.717, 1.165) is 10.3 Å². The van der Waals surface area contributed by atoms with Crippen LogP contribution in [0.1, 0.15) is 5.56 Å². The van der Waals surface area contributed by atoms with Gasteiger partial charge in [0, 0.05) is 10.3 Å². The molecule has 0 bridgehead atoms. The van der Waals surface area contributed by atoms with Crippen molar-refractivity contribution in [2.24, 2.45) is 0 Å². The highest BCUT2D eigenvalue weighted by Gasteiger charge is 2.10. The molecule has 0 heterocycles. The Kier molecular flexibility index (Phi) is 4.71. The molecule has 0 spiro atoms. The van der Waals surface area contributed by atoms with Gasteiger partial charge in [-0.1, -0.05) is 12.1 Å². The fourth-order valence-electron chi connectivity index (χ4n) is 2.49. The van der Waals surface area contributed by atoms with Crippen molar-refractivity contribution >= 4 is 28.5 Å². The minimum Gasteiger partial charge on any atom is -0.481 e. The third-order valence-corrected chi connectivity index (χ3v) is 4.32. The van der Waals surface area contributed by atoms with Gasteiger partial charge in [0.2, 0.25) is 0 Å². The van der Waals surface area contributed by atoms with E-state index >= 15 is 0 Å². The molecule has 0 atom stereocenters. The van der Waals surface area contributed by atoms with Gasteiger partial charge < -0.3 is 9.84 Å². The molecule has 0 amide bonds. The van der Waals surface area contributed by atoms with Crippen LogP contribution in [-0.2, 0) is 11.2 Å². The van der Waals surface area contributed by atoms with Gasteiger partial charge in [-0.05, 0) is 59.7 Å². The van der Waals surface area contributed by atoms with E-state index in [9.17, 15) is 9.18 Å². The van der Waals surface area contributed by atoms with Crippen molar-refractivity contribution in [1.29, 1.82) is 0 Å². The molecule has 0 unspecified atom stereocenters. The number of aliphatic carboxylic acids is 1. The average molecular weight is 342 g/mol. The maximum absolute atomic E-state index is 13.6. The second-order valence-electron chi connectivity index (χ2n) is 5.31. The Balaban J connectivity index is 2.05. The first kappa shape index (κ1) is 16.3. The Morgan fingerprint density at radius 1 is 1.12 bits per heavy atom. The zero-order chi connectivity index (χ0) is 17.1. The van der Waals surface area contributed by atoms with Gasteiger partial charge in [-0.15, -0.1) is 11.8 Å². The molecule has 5 heteroatoms. The Hall–Kier alpha value is -2.53. The standard InChI is InChI=1S/C19H15FO3S/c1-24-16-6-4-15(5-7-16)23-18-9-12(10-19(21)22)8-13-2-3-14(20)11-17(13)18/h2-9,11H,10H2,1H3,(H,21,22). The molecule has 0 fully saturated rings. The van der Waals surface area contributed by atoms with Crippen LogP contribution in [0, 0.1) is 5.82 Å². The third-order valence-electron chi connectivity index (χ3n) is 3.58. The second-order valence-corrected chi connectivity index (χ2v) is 6.19. The first-order valence-corrected chi connectivity index (χ1v) is 8.53. The molecule has 122 valence electrons. The smallest absolute Gasteiger partial charge is 0.307 e. The number of carboxylic acids is 1. The molecule has 0 saturated heterocycles. The van der Waals surface area contributed by atoms with Gasteiger partial charge in [0.15, 0.2) is 0 Å². The predicted octanol–water partition coefficient (Wildman–Crippen LogP) is 5.12. The lowest BCUT2D eigenvalue weighted by Crippen LogP contribution is -2.00. The van der Waals surface area contributed by atoms with Gasteiger partial charge >= 0.3 is 5.97 Å². The molecule has 3 aromatic rings. The topological polar surface area (TPSA) is 46.5 Å². The normalized spacial score (nSPS) is 10.8. The molecule has 0 saturated carbocycles. The van der Waals surface area contributed by atoms with Crippen LogP contribution in [0.5, 0.6) is 11.5 Å². The van der Waals surface area contributed by atoms with Crippen molar-refractivity contribution in [1.82, 2.24) is 0 Å². The predicted molar refractivity (Wildman–Crippen MR) is 93.5 cm³/mol. The number of benzene rings is 3. The lowest BCUT2D eigenvalue weighted by atomic mass is 10.0. The molecule has 3 nitrogen and oxygen atoms in total. The van der Waals surface area contributed by atoms with E-state index in [1.807, 2.05) is 30.5 Å². The van der Waals surface area contributed by atoms with Gasteiger partial charge in [0.1, 0.15) is 17.3 Å².